The van der Waals surface area contributed by atoms with Gasteiger partial charge in [-0.1, -0.05) is 19.3 Å². The molecule has 1 aromatic carbocycles. The summed E-state index contributed by atoms with van der Waals surface area (Å²) in [6.45, 7) is 0. The number of hydrogen-bond acceptors (Lipinski definition) is 4. The SMILES string of the molecule is O=C(Oc1ccc([N+](=O)[O-])cc1)C1CCCC2(CCCC2)C1. The number of non-ortho nitro benzene ring substituents is 1. The van der Waals surface area contributed by atoms with Crippen molar-refractivity contribution in [1.29, 1.82) is 0 Å². The van der Waals surface area contributed by atoms with Crippen LogP contribution in [0, 0.1) is 21.4 Å². The molecular weight excluding hydrogens is 282 g/mol. The van der Waals surface area contributed by atoms with Gasteiger partial charge in [-0.2, -0.15) is 0 Å². The molecule has 0 radical (unpaired) electrons. The summed E-state index contributed by atoms with van der Waals surface area (Å²) in [5.74, 6) is 0.184. The smallest absolute Gasteiger partial charge is 0.314 e. The summed E-state index contributed by atoms with van der Waals surface area (Å²) in [4.78, 5) is 22.5. The maximum absolute atomic E-state index is 12.4. The van der Waals surface area contributed by atoms with Gasteiger partial charge in [-0.3, -0.25) is 14.9 Å². The van der Waals surface area contributed by atoms with Crippen LogP contribution in [0.15, 0.2) is 24.3 Å². The van der Waals surface area contributed by atoms with Crippen molar-refractivity contribution < 1.29 is 14.5 Å². The Morgan fingerprint density at radius 2 is 1.77 bits per heavy atom. The Labute approximate surface area is 129 Å². The van der Waals surface area contributed by atoms with Crippen molar-refractivity contribution in [2.45, 2.75) is 51.4 Å². The fourth-order valence-electron chi connectivity index (χ4n) is 4.07. The Morgan fingerprint density at radius 3 is 2.41 bits per heavy atom. The van der Waals surface area contributed by atoms with Gasteiger partial charge in [-0.15, -0.1) is 0 Å². The number of nitrogens with zero attached hydrogens (tertiary/aromatic N) is 1. The van der Waals surface area contributed by atoms with E-state index in [1.54, 1.807) is 0 Å². The van der Waals surface area contributed by atoms with E-state index < -0.39 is 4.92 Å². The predicted octanol–water partition coefficient (Wildman–Crippen LogP) is 4.25. The number of carbonyl (C=O) groups is 1. The van der Waals surface area contributed by atoms with E-state index in [0.29, 0.717) is 11.2 Å². The molecule has 0 N–H and O–H groups in total. The van der Waals surface area contributed by atoms with Crippen molar-refractivity contribution in [3.05, 3.63) is 34.4 Å². The molecule has 2 aliphatic rings. The third-order valence-corrected chi connectivity index (χ3v) is 5.20. The van der Waals surface area contributed by atoms with Crippen molar-refractivity contribution in [2.75, 3.05) is 0 Å². The van der Waals surface area contributed by atoms with E-state index in [-0.39, 0.29) is 17.6 Å². The molecule has 2 aliphatic carbocycles. The Hall–Kier alpha value is -1.91. The second-order valence-electron chi connectivity index (χ2n) is 6.67. The fraction of sp³-hybridized carbons (Fsp3) is 0.588. The van der Waals surface area contributed by atoms with E-state index in [4.69, 9.17) is 4.74 Å². The van der Waals surface area contributed by atoms with Crippen molar-refractivity contribution in [3.8, 4) is 5.75 Å². The zero-order valence-electron chi connectivity index (χ0n) is 12.6. The molecule has 1 aromatic rings. The van der Waals surface area contributed by atoms with Gasteiger partial charge in [-0.25, -0.2) is 0 Å². The second kappa shape index (κ2) is 6.07. The van der Waals surface area contributed by atoms with Gasteiger partial charge < -0.3 is 4.74 Å². The molecule has 1 atom stereocenters. The van der Waals surface area contributed by atoms with E-state index in [0.717, 1.165) is 19.3 Å². The molecule has 1 spiro atoms. The average Bonchev–Trinajstić information content (AvgIpc) is 2.95. The standard InChI is InChI=1S/C17H21NO4/c19-16(22-15-7-5-14(6-8-15)18(20)21)13-4-3-11-17(12-13)9-1-2-10-17/h5-8,13H,1-4,9-12H2. The molecule has 0 heterocycles. The van der Waals surface area contributed by atoms with E-state index in [1.165, 1.54) is 56.4 Å². The number of esters is 1. The highest BCUT2D eigenvalue weighted by Gasteiger charge is 2.41. The third-order valence-electron chi connectivity index (χ3n) is 5.20. The minimum atomic E-state index is -0.462. The first-order chi connectivity index (χ1) is 10.6. The van der Waals surface area contributed by atoms with Crippen LogP contribution in [0.4, 0.5) is 5.69 Å². The minimum Gasteiger partial charge on any atom is -0.426 e. The zero-order valence-corrected chi connectivity index (χ0v) is 12.6. The number of benzene rings is 1. The average molecular weight is 303 g/mol. The lowest BCUT2D eigenvalue weighted by Gasteiger charge is -2.37. The second-order valence-corrected chi connectivity index (χ2v) is 6.67. The third kappa shape index (κ3) is 3.13. The van der Waals surface area contributed by atoms with E-state index in [9.17, 15) is 14.9 Å². The minimum absolute atomic E-state index is 0.00220. The molecule has 3 rings (SSSR count). The topological polar surface area (TPSA) is 69.4 Å². The van der Waals surface area contributed by atoms with Gasteiger partial charge in [0, 0.05) is 12.1 Å². The van der Waals surface area contributed by atoms with Crippen molar-refractivity contribution >= 4 is 11.7 Å². The van der Waals surface area contributed by atoms with Crippen molar-refractivity contribution in [3.63, 3.8) is 0 Å². The van der Waals surface area contributed by atoms with Gasteiger partial charge in [0.1, 0.15) is 5.75 Å². The molecule has 2 fully saturated rings. The van der Waals surface area contributed by atoms with Crippen LogP contribution >= 0.6 is 0 Å². The highest BCUT2D eigenvalue weighted by molar-refractivity contribution is 5.75. The number of ether oxygens (including phenoxy) is 1. The maximum atomic E-state index is 12.4. The molecule has 0 aromatic heterocycles. The van der Waals surface area contributed by atoms with E-state index in [2.05, 4.69) is 0 Å². The number of nitro benzene ring substituents is 1. The summed E-state index contributed by atoms with van der Waals surface area (Å²) in [6.07, 6.45) is 9.23. The molecule has 118 valence electrons. The molecule has 2 saturated carbocycles. The molecule has 22 heavy (non-hydrogen) atoms. The maximum Gasteiger partial charge on any atom is 0.314 e. The van der Waals surface area contributed by atoms with Crippen LogP contribution in [0.5, 0.6) is 5.75 Å². The number of hydrogen-bond donors (Lipinski definition) is 0. The summed E-state index contributed by atoms with van der Waals surface area (Å²) in [7, 11) is 0. The summed E-state index contributed by atoms with van der Waals surface area (Å²) in [6, 6.07) is 5.71. The first kappa shape index (κ1) is 15.0. The lowest BCUT2D eigenvalue weighted by molar-refractivity contribution is -0.384. The zero-order chi connectivity index (χ0) is 15.6. The van der Waals surface area contributed by atoms with Crippen molar-refractivity contribution in [2.24, 2.45) is 11.3 Å². The first-order valence-corrected chi connectivity index (χ1v) is 8.04. The summed E-state index contributed by atoms with van der Waals surface area (Å²) >= 11 is 0. The van der Waals surface area contributed by atoms with Gasteiger partial charge in [0.05, 0.1) is 10.8 Å². The van der Waals surface area contributed by atoms with Gasteiger partial charge >= 0.3 is 5.97 Å². The lowest BCUT2D eigenvalue weighted by atomic mass is 9.68. The van der Waals surface area contributed by atoms with Gasteiger partial charge in [0.2, 0.25) is 0 Å². The van der Waals surface area contributed by atoms with Crippen LogP contribution in [0.1, 0.15) is 51.4 Å². The fourth-order valence-corrected chi connectivity index (χ4v) is 4.07. The van der Waals surface area contributed by atoms with Crippen LogP contribution in [-0.4, -0.2) is 10.9 Å². The first-order valence-electron chi connectivity index (χ1n) is 8.04. The molecule has 0 amide bonds. The quantitative estimate of drug-likeness (QED) is 0.362. The highest BCUT2D eigenvalue weighted by atomic mass is 16.6. The van der Waals surface area contributed by atoms with Crippen LogP contribution in [0.3, 0.4) is 0 Å². The van der Waals surface area contributed by atoms with Crippen LogP contribution in [-0.2, 0) is 4.79 Å². The summed E-state index contributed by atoms with van der Waals surface area (Å²) in [5, 5.41) is 10.6. The number of carbonyl (C=O) groups excluding carboxylic acids is 1. The van der Waals surface area contributed by atoms with Crippen LogP contribution in [0.2, 0.25) is 0 Å². The van der Waals surface area contributed by atoms with Crippen LogP contribution in [0.25, 0.3) is 0 Å². The molecule has 1 unspecified atom stereocenters. The molecule has 0 bridgehead atoms. The monoisotopic (exact) mass is 303 g/mol. The summed E-state index contributed by atoms with van der Waals surface area (Å²) in [5.41, 5.74) is 0.375. The van der Waals surface area contributed by atoms with Crippen molar-refractivity contribution in [1.82, 2.24) is 0 Å². The predicted molar refractivity (Wildman–Crippen MR) is 81.6 cm³/mol. The normalized spacial score (nSPS) is 23.4. The molecule has 5 heteroatoms. The van der Waals surface area contributed by atoms with Gasteiger partial charge in [0.15, 0.2) is 0 Å². The molecular formula is C17H21NO4. The molecule has 5 nitrogen and oxygen atoms in total. The molecule has 0 saturated heterocycles. The number of rotatable bonds is 3. The Kier molecular flexibility index (Phi) is 4.14. The van der Waals surface area contributed by atoms with E-state index >= 15 is 0 Å². The largest absolute Gasteiger partial charge is 0.426 e. The van der Waals surface area contributed by atoms with E-state index in [1.807, 2.05) is 0 Å². The lowest BCUT2D eigenvalue weighted by Crippen LogP contribution is -2.32. The Morgan fingerprint density at radius 1 is 1.14 bits per heavy atom. The van der Waals surface area contributed by atoms with Gasteiger partial charge in [-0.05, 0) is 49.7 Å². The van der Waals surface area contributed by atoms with Crippen LogP contribution < -0.4 is 4.74 Å². The summed E-state index contributed by atoms with van der Waals surface area (Å²) < 4.78 is 5.43. The Bertz CT molecular complexity index is 561. The molecule has 0 aliphatic heterocycles. The highest BCUT2D eigenvalue weighted by Crippen LogP contribution is 2.50. The van der Waals surface area contributed by atoms with Gasteiger partial charge in [0.25, 0.3) is 5.69 Å². The number of nitro groups is 1. The Balaban J connectivity index is 1.62.